The normalized spacial score (nSPS) is 10.8. The van der Waals surface area contributed by atoms with Gasteiger partial charge in [-0.2, -0.15) is 0 Å². The van der Waals surface area contributed by atoms with Crippen molar-refractivity contribution in [1.82, 2.24) is 4.98 Å². The van der Waals surface area contributed by atoms with E-state index in [1.165, 1.54) is 23.1 Å². The number of thiophene rings is 1. The van der Waals surface area contributed by atoms with Crippen molar-refractivity contribution in [1.29, 1.82) is 0 Å². The van der Waals surface area contributed by atoms with Gasteiger partial charge in [0.05, 0.1) is 10.6 Å². The average Bonchev–Trinajstić information content (AvgIpc) is 3.38. The van der Waals surface area contributed by atoms with Crippen molar-refractivity contribution in [3.8, 4) is 22.6 Å². The van der Waals surface area contributed by atoms with Crippen LogP contribution in [-0.4, -0.2) is 16.5 Å². The molecule has 2 aromatic heterocycles. The quantitative estimate of drug-likeness (QED) is 0.303. The van der Waals surface area contributed by atoms with E-state index in [0.717, 1.165) is 27.5 Å². The number of thioether (sulfide) groups is 1. The predicted molar refractivity (Wildman–Crippen MR) is 107 cm³/mol. The minimum atomic E-state index is 0.0886. The molecule has 0 saturated carbocycles. The third-order valence-corrected chi connectivity index (χ3v) is 5.55. The van der Waals surface area contributed by atoms with Crippen LogP contribution in [0.3, 0.4) is 0 Å². The van der Waals surface area contributed by atoms with E-state index in [0.29, 0.717) is 11.0 Å². The van der Waals surface area contributed by atoms with Gasteiger partial charge in [0.1, 0.15) is 5.69 Å². The second-order valence-corrected chi connectivity index (χ2v) is 7.45. The molecular weight excluding hydrogens is 362 g/mol. The average molecular weight is 377 g/mol. The van der Waals surface area contributed by atoms with E-state index in [-0.39, 0.29) is 5.78 Å². The van der Waals surface area contributed by atoms with E-state index in [1.807, 2.05) is 78.2 Å². The van der Waals surface area contributed by atoms with Crippen molar-refractivity contribution in [2.45, 2.75) is 5.22 Å². The highest BCUT2D eigenvalue weighted by molar-refractivity contribution is 7.99. The Morgan fingerprint density at radius 1 is 0.923 bits per heavy atom. The molecule has 3 nitrogen and oxygen atoms in total. The molecule has 0 atom stereocenters. The van der Waals surface area contributed by atoms with Gasteiger partial charge in [-0.05, 0) is 11.4 Å². The van der Waals surface area contributed by atoms with E-state index in [2.05, 4.69) is 4.98 Å². The number of aromatic nitrogens is 1. The van der Waals surface area contributed by atoms with Crippen molar-refractivity contribution in [2.75, 3.05) is 5.75 Å². The molecule has 26 heavy (non-hydrogen) atoms. The van der Waals surface area contributed by atoms with Gasteiger partial charge in [-0.3, -0.25) is 4.79 Å². The van der Waals surface area contributed by atoms with Crippen LogP contribution in [0, 0.1) is 0 Å². The first-order valence-electron chi connectivity index (χ1n) is 8.12. The Morgan fingerprint density at radius 3 is 2.27 bits per heavy atom. The number of hydrogen-bond acceptors (Lipinski definition) is 5. The summed E-state index contributed by atoms with van der Waals surface area (Å²) in [6, 6.07) is 23.6. The largest absolute Gasteiger partial charge is 0.431 e. The zero-order valence-corrected chi connectivity index (χ0v) is 15.4. The second-order valence-electron chi connectivity index (χ2n) is 5.58. The lowest BCUT2D eigenvalue weighted by Gasteiger charge is -2.00. The summed E-state index contributed by atoms with van der Waals surface area (Å²) in [7, 11) is 0. The Labute approximate surface area is 159 Å². The first kappa shape index (κ1) is 16.8. The van der Waals surface area contributed by atoms with Crippen LogP contribution < -0.4 is 0 Å². The number of hydrogen-bond donors (Lipinski definition) is 0. The van der Waals surface area contributed by atoms with E-state index < -0.39 is 0 Å². The van der Waals surface area contributed by atoms with Gasteiger partial charge in [-0.1, -0.05) is 78.5 Å². The lowest BCUT2D eigenvalue weighted by molar-refractivity contribution is 0.102. The number of carbonyl (C=O) groups is 1. The highest BCUT2D eigenvalue weighted by Crippen LogP contribution is 2.35. The maximum absolute atomic E-state index is 12.2. The Bertz CT molecular complexity index is 936. The van der Waals surface area contributed by atoms with Gasteiger partial charge >= 0.3 is 0 Å². The van der Waals surface area contributed by atoms with Crippen molar-refractivity contribution in [3.05, 3.63) is 83.1 Å². The van der Waals surface area contributed by atoms with Crippen LogP contribution in [0.5, 0.6) is 0 Å². The fourth-order valence-corrected chi connectivity index (χ4v) is 4.04. The van der Waals surface area contributed by atoms with Crippen molar-refractivity contribution in [2.24, 2.45) is 0 Å². The predicted octanol–water partition coefficient (Wildman–Crippen LogP) is 6.05. The number of ketones is 1. The zero-order chi connectivity index (χ0) is 17.8. The summed E-state index contributed by atoms with van der Waals surface area (Å²) >= 11 is 2.78. The Hall–Kier alpha value is -2.63. The molecule has 4 aromatic rings. The van der Waals surface area contributed by atoms with Crippen molar-refractivity contribution >= 4 is 28.9 Å². The Kier molecular flexibility index (Phi) is 5.00. The van der Waals surface area contributed by atoms with Gasteiger partial charge in [0, 0.05) is 11.1 Å². The van der Waals surface area contributed by atoms with E-state index in [4.69, 9.17) is 4.42 Å². The molecule has 0 amide bonds. The van der Waals surface area contributed by atoms with Crippen molar-refractivity contribution < 1.29 is 9.21 Å². The maximum atomic E-state index is 12.2. The van der Waals surface area contributed by atoms with E-state index >= 15 is 0 Å². The molecule has 5 heteroatoms. The standard InChI is InChI=1S/C21H15NO2S2/c23-17(18-12-7-13-25-18)14-26-21-22-19(15-8-3-1-4-9-15)20(24-21)16-10-5-2-6-11-16/h1-13H,14H2. The maximum Gasteiger partial charge on any atom is 0.257 e. The lowest BCUT2D eigenvalue weighted by Crippen LogP contribution is -1.98. The number of benzene rings is 2. The minimum absolute atomic E-state index is 0.0886. The van der Waals surface area contributed by atoms with E-state index in [1.54, 1.807) is 0 Å². The monoisotopic (exact) mass is 377 g/mol. The molecule has 0 aliphatic rings. The molecule has 0 N–H and O–H groups in total. The molecule has 128 valence electrons. The molecule has 2 heterocycles. The molecule has 0 aliphatic heterocycles. The van der Waals surface area contributed by atoms with Gasteiger partial charge < -0.3 is 4.42 Å². The molecule has 0 aliphatic carbocycles. The number of carbonyl (C=O) groups excluding carboxylic acids is 1. The van der Waals surface area contributed by atoms with Crippen LogP contribution in [0.25, 0.3) is 22.6 Å². The Morgan fingerprint density at radius 2 is 1.62 bits per heavy atom. The van der Waals surface area contributed by atoms with Crippen LogP contribution in [0.4, 0.5) is 0 Å². The third kappa shape index (κ3) is 3.64. The van der Waals surface area contributed by atoms with Gasteiger partial charge in [-0.25, -0.2) is 4.98 Å². The van der Waals surface area contributed by atoms with E-state index in [9.17, 15) is 4.79 Å². The summed E-state index contributed by atoms with van der Waals surface area (Å²) in [5.41, 5.74) is 2.75. The summed E-state index contributed by atoms with van der Waals surface area (Å²) < 4.78 is 6.03. The van der Waals surface area contributed by atoms with Gasteiger partial charge in [-0.15, -0.1) is 11.3 Å². The number of nitrogens with zero attached hydrogens (tertiary/aromatic N) is 1. The highest BCUT2D eigenvalue weighted by Gasteiger charge is 2.18. The van der Waals surface area contributed by atoms with Gasteiger partial charge in [0.15, 0.2) is 11.5 Å². The SMILES string of the molecule is O=C(CSc1nc(-c2ccccc2)c(-c2ccccc2)o1)c1cccs1. The van der Waals surface area contributed by atoms with Gasteiger partial charge in [0.2, 0.25) is 0 Å². The molecule has 0 unspecified atom stereocenters. The molecule has 4 rings (SSSR count). The molecule has 0 saturated heterocycles. The lowest BCUT2D eigenvalue weighted by atomic mass is 10.1. The summed E-state index contributed by atoms with van der Waals surface area (Å²) in [4.78, 5) is 17.6. The minimum Gasteiger partial charge on any atom is -0.431 e. The van der Waals surface area contributed by atoms with Crippen LogP contribution in [-0.2, 0) is 0 Å². The molecule has 0 fully saturated rings. The highest BCUT2D eigenvalue weighted by atomic mass is 32.2. The molecule has 0 radical (unpaired) electrons. The molecule has 2 aromatic carbocycles. The van der Waals surface area contributed by atoms with Crippen LogP contribution in [0.15, 0.2) is 87.8 Å². The fourth-order valence-electron chi connectivity index (χ4n) is 2.57. The second kappa shape index (κ2) is 7.72. The topological polar surface area (TPSA) is 43.1 Å². The summed E-state index contributed by atoms with van der Waals surface area (Å²) in [6.07, 6.45) is 0. The van der Waals surface area contributed by atoms with Crippen LogP contribution >= 0.6 is 23.1 Å². The van der Waals surface area contributed by atoms with Gasteiger partial charge in [0.25, 0.3) is 5.22 Å². The number of Topliss-reactive ketones (excluding diaryl/α,β-unsaturated/α-hetero) is 1. The summed E-state index contributed by atoms with van der Waals surface area (Å²) in [5, 5.41) is 2.41. The summed E-state index contributed by atoms with van der Waals surface area (Å²) in [6.45, 7) is 0. The molecule has 0 spiro atoms. The fraction of sp³-hybridized carbons (Fsp3) is 0.0476. The van der Waals surface area contributed by atoms with Crippen LogP contribution in [0.1, 0.15) is 9.67 Å². The first-order chi connectivity index (χ1) is 12.8. The third-order valence-electron chi connectivity index (χ3n) is 3.81. The Balaban J connectivity index is 1.64. The number of rotatable bonds is 6. The molecule has 0 bridgehead atoms. The van der Waals surface area contributed by atoms with Crippen LogP contribution in [0.2, 0.25) is 0 Å². The first-order valence-corrected chi connectivity index (χ1v) is 9.99. The summed E-state index contributed by atoms with van der Waals surface area (Å²) in [5.74, 6) is 1.12. The van der Waals surface area contributed by atoms with Crippen molar-refractivity contribution in [3.63, 3.8) is 0 Å². The number of oxazole rings is 1. The smallest absolute Gasteiger partial charge is 0.257 e. The zero-order valence-electron chi connectivity index (χ0n) is 13.8. The molecular formula is C21H15NO2S2.